The standard InChI is InChI=1S/C40H32ClFN4O8/c1-2-54-33-19-21(3-18-32(33)47)35-28-16-17-29-34(38(50)44(36(29)48)26-12-14-27(15-13-26)46(52)53)30(28)20-31-37(49)45(43-25-10-8-24(42)9-11-25)39(51)40(31,35)22-4-6-23(41)7-5-22/h3-16,18-19,29-31,34-35,43,47H,2,17,20H2,1H3/t29-,30+,31-,34-,35-,40+/m0/s1. The lowest BCUT2D eigenvalue weighted by Crippen LogP contribution is -2.53. The third kappa shape index (κ3) is 5.24. The number of hydrogen-bond acceptors (Lipinski definition) is 9. The number of carbonyl (C=O) groups is 4. The molecule has 4 aromatic carbocycles. The number of nitro benzene ring substituents is 1. The van der Waals surface area contributed by atoms with Crippen molar-refractivity contribution in [1.29, 1.82) is 0 Å². The number of nitro groups is 1. The first kappa shape index (κ1) is 35.0. The number of rotatable bonds is 8. The lowest BCUT2D eigenvalue weighted by Gasteiger charge is -2.50. The lowest BCUT2D eigenvalue weighted by atomic mass is 9.49. The molecule has 14 heteroatoms. The molecule has 8 rings (SSSR count). The molecule has 4 aliphatic rings. The van der Waals surface area contributed by atoms with E-state index in [1.54, 1.807) is 43.3 Å². The number of hydrogen-bond donors (Lipinski definition) is 2. The van der Waals surface area contributed by atoms with Gasteiger partial charge in [-0.1, -0.05) is 41.4 Å². The second kappa shape index (κ2) is 13.1. The van der Waals surface area contributed by atoms with E-state index in [0.29, 0.717) is 21.7 Å². The maximum absolute atomic E-state index is 15.3. The lowest BCUT2D eigenvalue weighted by molar-refractivity contribution is -0.384. The van der Waals surface area contributed by atoms with E-state index in [2.05, 4.69) is 5.43 Å². The number of aromatic hydroxyl groups is 1. The number of halogens is 2. The Morgan fingerprint density at radius 2 is 1.65 bits per heavy atom. The molecule has 274 valence electrons. The van der Waals surface area contributed by atoms with Gasteiger partial charge in [0, 0.05) is 23.1 Å². The number of phenols is 1. The number of imide groups is 2. The average molecular weight is 751 g/mol. The molecule has 3 fully saturated rings. The van der Waals surface area contributed by atoms with Crippen molar-refractivity contribution < 1.29 is 38.3 Å². The monoisotopic (exact) mass is 750 g/mol. The Labute approximate surface area is 312 Å². The van der Waals surface area contributed by atoms with Crippen LogP contribution >= 0.6 is 11.6 Å². The van der Waals surface area contributed by atoms with Gasteiger partial charge >= 0.3 is 0 Å². The van der Waals surface area contributed by atoms with Crippen molar-refractivity contribution in [2.45, 2.75) is 31.1 Å². The van der Waals surface area contributed by atoms with Crippen LogP contribution in [0.3, 0.4) is 0 Å². The quantitative estimate of drug-likeness (QED) is 0.0867. The first-order valence-corrected chi connectivity index (χ1v) is 17.8. The Morgan fingerprint density at radius 3 is 2.31 bits per heavy atom. The van der Waals surface area contributed by atoms with Gasteiger partial charge in [0.15, 0.2) is 11.5 Å². The van der Waals surface area contributed by atoms with Crippen LogP contribution in [0.4, 0.5) is 21.5 Å². The van der Waals surface area contributed by atoms with Crippen LogP contribution in [0.15, 0.2) is 103 Å². The Kier molecular flexibility index (Phi) is 8.48. The van der Waals surface area contributed by atoms with Crippen molar-refractivity contribution in [3.8, 4) is 11.5 Å². The summed E-state index contributed by atoms with van der Waals surface area (Å²) in [5.74, 6) is -7.01. The van der Waals surface area contributed by atoms with E-state index >= 15 is 4.79 Å². The summed E-state index contributed by atoms with van der Waals surface area (Å²) in [6.45, 7) is 1.99. The minimum absolute atomic E-state index is 0.0157. The summed E-state index contributed by atoms with van der Waals surface area (Å²) in [4.78, 5) is 70.4. The van der Waals surface area contributed by atoms with Crippen molar-refractivity contribution in [2.24, 2.45) is 23.7 Å². The summed E-state index contributed by atoms with van der Waals surface area (Å²) in [6, 6.07) is 21.8. The van der Waals surface area contributed by atoms with E-state index in [0.717, 1.165) is 9.91 Å². The second-order valence-corrected chi connectivity index (χ2v) is 14.3. The predicted molar refractivity (Wildman–Crippen MR) is 194 cm³/mol. The topological polar surface area (TPSA) is 159 Å². The normalized spacial score (nSPS) is 25.9. The molecular weight excluding hydrogens is 719 g/mol. The van der Waals surface area contributed by atoms with E-state index in [-0.39, 0.29) is 48.0 Å². The van der Waals surface area contributed by atoms with Crippen LogP contribution in [0.5, 0.6) is 11.5 Å². The van der Waals surface area contributed by atoms with Gasteiger partial charge in [-0.15, -0.1) is 0 Å². The Bertz CT molecular complexity index is 2260. The van der Waals surface area contributed by atoms with Crippen LogP contribution in [0.1, 0.15) is 36.8 Å². The number of nitrogens with one attached hydrogen (secondary N) is 1. The summed E-state index contributed by atoms with van der Waals surface area (Å²) < 4.78 is 19.7. The molecule has 2 heterocycles. The Morgan fingerprint density at radius 1 is 0.944 bits per heavy atom. The number of non-ortho nitro benzene ring substituents is 1. The van der Waals surface area contributed by atoms with Crippen LogP contribution in [0, 0.1) is 39.6 Å². The fourth-order valence-electron chi connectivity index (χ4n) is 8.99. The SMILES string of the molecule is CCOc1cc([C@H]2C3=CC[C@@H]4C(=O)N(c5ccc([N+](=O)[O-])cc5)C(=O)[C@@H]4[C@@H]3C[C@H]3C(=O)N(Nc4ccc(F)cc4)C(=O)[C@@]23c2ccc(Cl)cc2)ccc1O. The largest absolute Gasteiger partial charge is 0.504 e. The molecular formula is C40H32ClFN4O8. The van der Waals surface area contributed by atoms with Gasteiger partial charge in [-0.05, 0) is 97.5 Å². The third-order valence-electron chi connectivity index (χ3n) is 11.2. The van der Waals surface area contributed by atoms with Crippen LogP contribution in [0.2, 0.25) is 5.02 Å². The molecule has 54 heavy (non-hydrogen) atoms. The van der Waals surface area contributed by atoms with E-state index in [1.165, 1.54) is 54.6 Å². The summed E-state index contributed by atoms with van der Waals surface area (Å²) >= 11 is 6.35. The highest BCUT2D eigenvalue weighted by molar-refractivity contribution is 6.30. The zero-order valence-electron chi connectivity index (χ0n) is 28.6. The third-order valence-corrected chi connectivity index (χ3v) is 11.4. The molecule has 2 N–H and O–H groups in total. The molecule has 4 aromatic rings. The van der Waals surface area contributed by atoms with E-state index in [1.807, 2.05) is 6.08 Å². The van der Waals surface area contributed by atoms with Crippen molar-refractivity contribution in [3.05, 3.63) is 135 Å². The first-order chi connectivity index (χ1) is 25.9. The summed E-state index contributed by atoms with van der Waals surface area (Å²) in [7, 11) is 0. The number of nitrogens with zero attached hydrogens (tertiary/aromatic N) is 3. The number of benzene rings is 4. The van der Waals surface area contributed by atoms with Gasteiger partial charge in [-0.25, -0.2) is 4.39 Å². The smallest absolute Gasteiger partial charge is 0.269 e. The van der Waals surface area contributed by atoms with Gasteiger partial charge in [0.2, 0.25) is 11.8 Å². The van der Waals surface area contributed by atoms with Gasteiger partial charge < -0.3 is 9.84 Å². The number of anilines is 2. The van der Waals surface area contributed by atoms with E-state index < -0.39 is 69.4 Å². The Balaban J connectivity index is 1.31. The Hall–Kier alpha value is -6.08. The number of allylic oxidation sites excluding steroid dienone is 2. The molecule has 0 aromatic heterocycles. The molecule has 0 spiro atoms. The van der Waals surface area contributed by atoms with Gasteiger partial charge in [0.1, 0.15) is 5.82 Å². The van der Waals surface area contributed by atoms with E-state index in [4.69, 9.17) is 16.3 Å². The molecule has 4 amide bonds. The molecule has 2 aliphatic carbocycles. The molecule has 1 saturated carbocycles. The minimum atomic E-state index is -1.62. The molecule has 0 radical (unpaired) electrons. The molecule has 0 bridgehead atoms. The predicted octanol–water partition coefficient (Wildman–Crippen LogP) is 6.68. The summed E-state index contributed by atoms with van der Waals surface area (Å²) in [6.07, 6.45) is 2.05. The number of fused-ring (bicyclic) bond motifs is 4. The van der Waals surface area contributed by atoms with Crippen molar-refractivity contribution >= 4 is 52.3 Å². The van der Waals surface area contributed by atoms with Crippen LogP contribution < -0.4 is 15.1 Å². The van der Waals surface area contributed by atoms with Crippen molar-refractivity contribution in [2.75, 3.05) is 16.9 Å². The molecule has 12 nitrogen and oxygen atoms in total. The number of ether oxygens (including phenoxy) is 1. The maximum Gasteiger partial charge on any atom is 0.269 e. The highest BCUT2D eigenvalue weighted by atomic mass is 35.5. The average Bonchev–Trinajstić information content (AvgIpc) is 3.54. The van der Waals surface area contributed by atoms with Gasteiger partial charge in [-0.2, -0.15) is 5.01 Å². The van der Waals surface area contributed by atoms with Gasteiger partial charge in [-0.3, -0.25) is 39.6 Å². The van der Waals surface area contributed by atoms with Crippen LogP contribution in [-0.2, 0) is 24.6 Å². The van der Waals surface area contributed by atoms with Crippen molar-refractivity contribution in [3.63, 3.8) is 0 Å². The number of phenolic OH excluding ortho intramolecular Hbond substituents is 1. The first-order valence-electron chi connectivity index (χ1n) is 17.4. The molecule has 6 atom stereocenters. The second-order valence-electron chi connectivity index (χ2n) is 13.8. The van der Waals surface area contributed by atoms with Crippen LogP contribution in [0.25, 0.3) is 0 Å². The number of hydrazine groups is 1. The minimum Gasteiger partial charge on any atom is -0.504 e. The van der Waals surface area contributed by atoms with E-state index in [9.17, 15) is 34.0 Å². The number of amides is 4. The fraction of sp³-hybridized carbons (Fsp3) is 0.250. The highest BCUT2D eigenvalue weighted by Crippen LogP contribution is 2.64. The maximum atomic E-state index is 15.3. The van der Waals surface area contributed by atoms with Crippen molar-refractivity contribution in [1.82, 2.24) is 5.01 Å². The van der Waals surface area contributed by atoms with Crippen LogP contribution in [-0.4, -0.2) is 45.3 Å². The van der Waals surface area contributed by atoms with Gasteiger partial charge in [0.25, 0.3) is 17.5 Å². The molecule has 2 saturated heterocycles. The van der Waals surface area contributed by atoms with Gasteiger partial charge in [0.05, 0.1) is 46.1 Å². The zero-order valence-corrected chi connectivity index (χ0v) is 29.4. The fourth-order valence-corrected chi connectivity index (χ4v) is 9.12. The summed E-state index contributed by atoms with van der Waals surface area (Å²) in [5.41, 5.74) is 3.25. The molecule has 2 aliphatic heterocycles. The zero-order chi connectivity index (χ0) is 38.1. The molecule has 0 unspecified atom stereocenters. The number of carbonyl (C=O) groups excluding carboxylic acids is 4. The highest BCUT2D eigenvalue weighted by Gasteiger charge is 2.70. The summed E-state index contributed by atoms with van der Waals surface area (Å²) in [5, 5.41) is 23.4.